The largest absolute Gasteiger partial charge is 0.355 e. The molecule has 0 saturated carbocycles. The summed E-state index contributed by atoms with van der Waals surface area (Å²) in [5.41, 5.74) is 7.01. The molecule has 3 heterocycles. The number of rotatable bonds is 2. The highest BCUT2D eigenvalue weighted by molar-refractivity contribution is 5.91. The summed E-state index contributed by atoms with van der Waals surface area (Å²) in [6.07, 6.45) is 3.81. The van der Waals surface area contributed by atoms with Gasteiger partial charge in [0.05, 0.1) is 5.52 Å². The SMILES string of the molecule is Cc1ccc(-c2cc3nc(C)nc(N4CCCCC4)c3[nH]2)c(C)c1. The number of anilines is 1. The first-order valence-corrected chi connectivity index (χ1v) is 8.82. The molecule has 1 aliphatic heterocycles. The van der Waals surface area contributed by atoms with Crippen molar-refractivity contribution < 1.29 is 0 Å². The number of aryl methyl sites for hydroxylation is 3. The zero-order valence-electron chi connectivity index (χ0n) is 14.7. The molecule has 0 spiro atoms. The normalized spacial score (nSPS) is 15.2. The molecule has 4 rings (SSSR count). The van der Waals surface area contributed by atoms with E-state index in [-0.39, 0.29) is 0 Å². The van der Waals surface area contributed by atoms with Crippen molar-refractivity contribution >= 4 is 16.9 Å². The molecule has 1 fully saturated rings. The smallest absolute Gasteiger partial charge is 0.156 e. The molecule has 1 N–H and O–H groups in total. The molecule has 0 radical (unpaired) electrons. The van der Waals surface area contributed by atoms with Crippen molar-refractivity contribution in [3.63, 3.8) is 0 Å². The first kappa shape index (κ1) is 15.2. The van der Waals surface area contributed by atoms with Crippen LogP contribution in [0.25, 0.3) is 22.3 Å². The van der Waals surface area contributed by atoms with E-state index in [2.05, 4.69) is 53.0 Å². The second-order valence-electron chi connectivity index (χ2n) is 6.90. The molecule has 0 unspecified atom stereocenters. The third-order valence-electron chi connectivity index (χ3n) is 4.90. The molecule has 1 saturated heterocycles. The van der Waals surface area contributed by atoms with E-state index >= 15 is 0 Å². The van der Waals surface area contributed by atoms with Crippen LogP contribution in [-0.2, 0) is 0 Å². The third-order valence-corrected chi connectivity index (χ3v) is 4.90. The predicted octanol–water partition coefficient (Wildman–Crippen LogP) is 4.54. The van der Waals surface area contributed by atoms with Crippen LogP contribution in [-0.4, -0.2) is 28.0 Å². The lowest BCUT2D eigenvalue weighted by atomic mass is 10.0. The molecule has 0 aliphatic carbocycles. The summed E-state index contributed by atoms with van der Waals surface area (Å²) in [6, 6.07) is 8.74. The number of benzene rings is 1. The molecule has 4 heteroatoms. The molecule has 0 bridgehead atoms. The number of nitrogens with zero attached hydrogens (tertiary/aromatic N) is 3. The average Bonchev–Trinajstić information content (AvgIpc) is 2.98. The zero-order chi connectivity index (χ0) is 16.7. The summed E-state index contributed by atoms with van der Waals surface area (Å²) in [7, 11) is 0. The third kappa shape index (κ3) is 2.66. The summed E-state index contributed by atoms with van der Waals surface area (Å²) in [4.78, 5) is 15.4. The molecule has 0 amide bonds. The molecule has 24 heavy (non-hydrogen) atoms. The van der Waals surface area contributed by atoms with Crippen LogP contribution in [0.1, 0.15) is 36.2 Å². The van der Waals surface area contributed by atoms with Gasteiger partial charge < -0.3 is 9.88 Å². The highest BCUT2D eigenvalue weighted by Gasteiger charge is 2.18. The van der Waals surface area contributed by atoms with Gasteiger partial charge in [-0.25, -0.2) is 9.97 Å². The Kier molecular flexibility index (Phi) is 3.75. The van der Waals surface area contributed by atoms with Gasteiger partial charge in [-0.2, -0.15) is 0 Å². The Morgan fingerprint density at radius 1 is 0.958 bits per heavy atom. The number of hydrogen-bond acceptors (Lipinski definition) is 3. The molecule has 3 aromatic rings. The monoisotopic (exact) mass is 320 g/mol. The Bertz CT molecular complexity index is 888. The van der Waals surface area contributed by atoms with Gasteiger partial charge in [0.25, 0.3) is 0 Å². The van der Waals surface area contributed by atoms with Crippen molar-refractivity contribution in [2.45, 2.75) is 40.0 Å². The maximum atomic E-state index is 4.75. The van der Waals surface area contributed by atoms with Gasteiger partial charge >= 0.3 is 0 Å². The van der Waals surface area contributed by atoms with Gasteiger partial charge in [-0.15, -0.1) is 0 Å². The summed E-state index contributed by atoms with van der Waals surface area (Å²) in [6.45, 7) is 8.45. The van der Waals surface area contributed by atoms with Gasteiger partial charge in [-0.05, 0) is 51.7 Å². The predicted molar refractivity (Wildman–Crippen MR) is 99.6 cm³/mol. The number of fused-ring (bicyclic) bond motifs is 1. The fourth-order valence-corrected chi connectivity index (χ4v) is 3.71. The van der Waals surface area contributed by atoms with Crippen molar-refractivity contribution in [2.24, 2.45) is 0 Å². The van der Waals surface area contributed by atoms with Crippen LogP contribution in [0.3, 0.4) is 0 Å². The van der Waals surface area contributed by atoms with Crippen LogP contribution in [0.4, 0.5) is 5.82 Å². The minimum absolute atomic E-state index is 0.842. The molecule has 1 aliphatic rings. The maximum Gasteiger partial charge on any atom is 0.156 e. The van der Waals surface area contributed by atoms with E-state index in [1.807, 2.05) is 6.92 Å². The van der Waals surface area contributed by atoms with E-state index in [1.165, 1.54) is 36.0 Å². The van der Waals surface area contributed by atoms with Crippen molar-refractivity contribution in [3.05, 3.63) is 41.2 Å². The van der Waals surface area contributed by atoms with Crippen LogP contribution in [0.2, 0.25) is 0 Å². The highest BCUT2D eigenvalue weighted by atomic mass is 15.2. The zero-order valence-corrected chi connectivity index (χ0v) is 14.7. The summed E-state index contributed by atoms with van der Waals surface area (Å²) >= 11 is 0. The van der Waals surface area contributed by atoms with Gasteiger partial charge in [0.1, 0.15) is 11.3 Å². The number of hydrogen-bond donors (Lipinski definition) is 1. The second kappa shape index (κ2) is 5.93. The van der Waals surface area contributed by atoms with Crippen molar-refractivity contribution in [3.8, 4) is 11.3 Å². The number of H-pyrrole nitrogens is 1. The first-order chi connectivity index (χ1) is 11.6. The highest BCUT2D eigenvalue weighted by Crippen LogP contribution is 2.31. The Labute approximate surface area is 142 Å². The minimum Gasteiger partial charge on any atom is -0.355 e. The number of aromatic amines is 1. The lowest BCUT2D eigenvalue weighted by Gasteiger charge is -2.28. The molecular formula is C20H24N4. The molecule has 124 valence electrons. The fraction of sp³-hybridized carbons (Fsp3) is 0.400. The number of aromatic nitrogens is 3. The van der Waals surface area contributed by atoms with Crippen molar-refractivity contribution in [1.82, 2.24) is 15.0 Å². The second-order valence-corrected chi connectivity index (χ2v) is 6.90. The first-order valence-electron chi connectivity index (χ1n) is 8.82. The van der Waals surface area contributed by atoms with E-state index < -0.39 is 0 Å². The van der Waals surface area contributed by atoms with E-state index in [1.54, 1.807) is 0 Å². The Morgan fingerprint density at radius 3 is 2.50 bits per heavy atom. The lowest BCUT2D eigenvalue weighted by Crippen LogP contribution is -2.30. The Hall–Kier alpha value is -2.36. The lowest BCUT2D eigenvalue weighted by molar-refractivity contribution is 0.574. The van der Waals surface area contributed by atoms with Crippen LogP contribution in [0, 0.1) is 20.8 Å². The van der Waals surface area contributed by atoms with Crippen LogP contribution < -0.4 is 4.90 Å². The number of piperidine rings is 1. The van der Waals surface area contributed by atoms with Crippen LogP contribution >= 0.6 is 0 Å². The van der Waals surface area contributed by atoms with Gasteiger partial charge in [-0.3, -0.25) is 0 Å². The topological polar surface area (TPSA) is 44.8 Å². The molecular weight excluding hydrogens is 296 g/mol. The minimum atomic E-state index is 0.842. The fourth-order valence-electron chi connectivity index (χ4n) is 3.71. The van der Waals surface area contributed by atoms with Gasteiger partial charge in [0.15, 0.2) is 5.82 Å². The van der Waals surface area contributed by atoms with Crippen molar-refractivity contribution in [1.29, 1.82) is 0 Å². The van der Waals surface area contributed by atoms with Crippen LogP contribution in [0.5, 0.6) is 0 Å². The Balaban J connectivity index is 1.85. The van der Waals surface area contributed by atoms with Gasteiger partial charge in [0.2, 0.25) is 0 Å². The number of nitrogens with one attached hydrogen (secondary N) is 1. The van der Waals surface area contributed by atoms with E-state index in [4.69, 9.17) is 4.98 Å². The van der Waals surface area contributed by atoms with Crippen LogP contribution in [0.15, 0.2) is 24.3 Å². The molecule has 4 nitrogen and oxygen atoms in total. The molecule has 2 aromatic heterocycles. The molecule has 1 aromatic carbocycles. The quantitative estimate of drug-likeness (QED) is 0.754. The summed E-state index contributed by atoms with van der Waals surface area (Å²) < 4.78 is 0. The van der Waals surface area contributed by atoms with Gasteiger partial charge in [-0.1, -0.05) is 23.8 Å². The standard InChI is InChI=1S/C20H24N4/c1-13-7-8-16(14(2)11-13)17-12-18-19(23-17)20(22-15(3)21-18)24-9-5-4-6-10-24/h7-8,11-12,23H,4-6,9-10H2,1-3H3. The van der Waals surface area contributed by atoms with E-state index in [9.17, 15) is 0 Å². The maximum absolute atomic E-state index is 4.75. The summed E-state index contributed by atoms with van der Waals surface area (Å²) in [5.74, 6) is 1.91. The van der Waals surface area contributed by atoms with E-state index in [0.29, 0.717) is 0 Å². The van der Waals surface area contributed by atoms with E-state index in [0.717, 1.165) is 41.5 Å². The van der Waals surface area contributed by atoms with Gasteiger partial charge in [0, 0.05) is 24.3 Å². The average molecular weight is 320 g/mol. The van der Waals surface area contributed by atoms with Crippen molar-refractivity contribution in [2.75, 3.05) is 18.0 Å². The molecule has 0 atom stereocenters. The Morgan fingerprint density at radius 2 is 1.75 bits per heavy atom. The summed E-state index contributed by atoms with van der Waals surface area (Å²) in [5, 5.41) is 0.